The number of ether oxygens (including phenoxy) is 2. The minimum absolute atomic E-state index is 0. The molecule has 2 heterocycles. The van der Waals surface area contributed by atoms with Crippen LogP contribution in [-0.2, 0) is 16.0 Å². The molecule has 1 unspecified atom stereocenters. The van der Waals surface area contributed by atoms with Gasteiger partial charge in [-0.25, -0.2) is 0 Å². The molecule has 1 aromatic carbocycles. The Bertz CT molecular complexity index is 627. The first kappa shape index (κ1) is 26.4. The van der Waals surface area contributed by atoms with Crippen molar-refractivity contribution in [2.24, 2.45) is 10.9 Å². The molecule has 0 spiro atoms. The lowest BCUT2D eigenvalue weighted by atomic mass is 9.96. The summed E-state index contributed by atoms with van der Waals surface area (Å²) in [5.41, 5.74) is 2.75. The van der Waals surface area contributed by atoms with Gasteiger partial charge in [-0.1, -0.05) is 29.8 Å². The lowest BCUT2D eigenvalue weighted by molar-refractivity contribution is 0.0168. The highest BCUT2D eigenvalue weighted by molar-refractivity contribution is 14.0. The number of rotatable bonds is 10. The van der Waals surface area contributed by atoms with Crippen LogP contribution in [0.3, 0.4) is 0 Å². The Kier molecular flexibility index (Phi) is 12.8. The molecule has 0 amide bonds. The molecule has 0 bridgehead atoms. The lowest BCUT2D eigenvalue weighted by Gasteiger charge is -2.32. The van der Waals surface area contributed by atoms with Crippen LogP contribution in [0.15, 0.2) is 29.3 Å². The fourth-order valence-electron chi connectivity index (χ4n) is 4.13. The van der Waals surface area contributed by atoms with Gasteiger partial charge in [0, 0.05) is 39.9 Å². The van der Waals surface area contributed by atoms with Crippen molar-refractivity contribution in [3.05, 3.63) is 35.4 Å². The van der Waals surface area contributed by atoms with Gasteiger partial charge in [-0.2, -0.15) is 0 Å². The van der Waals surface area contributed by atoms with E-state index in [9.17, 15) is 0 Å². The van der Waals surface area contributed by atoms with Crippen molar-refractivity contribution in [3.63, 3.8) is 0 Å². The number of halogens is 1. The molecule has 0 aromatic heterocycles. The minimum atomic E-state index is 0. The first-order chi connectivity index (χ1) is 14.7. The van der Waals surface area contributed by atoms with E-state index >= 15 is 0 Å². The van der Waals surface area contributed by atoms with Crippen LogP contribution in [0.1, 0.15) is 43.2 Å². The molecule has 31 heavy (non-hydrogen) atoms. The molecule has 6 nitrogen and oxygen atoms in total. The third-order valence-electron chi connectivity index (χ3n) is 6.10. The van der Waals surface area contributed by atoms with Gasteiger partial charge < -0.3 is 20.1 Å². The number of aryl methyl sites for hydroxylation is 1. The summed E-state index contributed by atoms with van der Waals surface area (Å²) in [4.78, 5) is 6.93. The second-order valence-corrected chi connectivity index (χ2v) is 8.65. The van der Waals surface area contributed by atoms with Gasteiger partial charge in [0.2, 0.25) is 0 Å². The van der Waals surface area contributed by atoms with Crippen LogP contribution in [0, 0.1) is 12.8 Å². The second-order valence-electron chi connectivity index (χ2n) is 8.65. The van der Waals surface area contributed by atoms with Crippen molar-refractivity contribution in [2.75, 3.05) is 53.0 Å². The van der Waals surface area contributed by atoms with E-state index in [0.29, 0.717) is 12.0 Å². The van der Waals surface area contributed by atoms with Gasteiger partial charge >= 0.3 is 0 Å². The number of hydrogen-bond acceptors (Lipinski definition) is 4. The molecule has 3 rings (SSSR count). The molecule has 2 aliphatic heterocycles. The molecule has 0 aliphatic carbocycles. The van der Waals surface area contributed by atoms with Crippen LogP contribution in [0.4, 0.5) is 0 Å². The maximum Gasteiger partial charge on any atom is 0.190 e. The molecule has 2 N–H and O–H groups in total. The Morgan fingerprint density at radius 2 is 1.94 bits per heavy atom. The molecule has 176 valence electrons. The predicted octanol–water partition coefficient (Wildman–Crippen LogP) is 3.58. The first-order valence-electron chi connectivity index (χ1n) is 11.6. The zero-order chi connectivity index (χ0) is 21.0. The van der Waals surface area contributed by atoms with Gasteiger partial charge in [-0.3, -0.25) is 9.89 Å². The van der Waals surface area contributed by atoms with E-state index in [1.165, 1.54) is 43.5 Å². The van der Waals surface area contributed by atoms with Gasteiger partial charge in [0.15, 0.2) is 5.96 Å². The molecule has 2 aliphatic rings. The summed E-state index contributed by atoms with van der Waals surface area (Å²) in [5, 5.41) is 6.91. The van der Waals surface area contributed by atoms with Crippen molar-refractivity contribution in [1.29, 1.82) is 0 Å². The van der Waals surface area contributed by atoms with Crippen molar-refractivity contribution < 1.29 is 9.47 Å². The van der Waals surface area contributed by atoms with Gasteiger partial charge in [-0.15, -0.1) is 24.0 Å². The van der Waals surface area contributed by atoms with Crippen LogP contribution in [0.25, 0.3) is 0 Å². The van der Waals surface area contributed by atoms with E-state index in [1.54, 1.807) is 0 Å². The quantitative estimate of drug-likeness (QED) is 0.204. The smallest absolute Gasteiger partial charge is 0.190 e. The van der Waals surface area contributed by atoms with E-state index in [0.717, 1.165) is 58.3 Å². The molecule has 0 radical (unpaired) electrons. The standard InChI is InChI=1S/C24H40N4O2.HI/c1-20-6-8-22(9-7-20)18-28-13-10-21(11-14-28)17-27-24(25-2)26-12-4-15-29-19-23-5-3-16-30-23;/h6-9,21,23H,3-5,10-19H2,1-2H3,(H2,25,26,27);1H. The summed E-state index contributed by atoms with van der Waals surface area (Å²) in [6, 6.07) is 8.93. The van der Waals surface area contributed by atoms with E-state index in [4.69, 9.17) is 9.47 Å². The van der Waals surface area contributed by atoms with E-state index < -0.39 is 0 Å². The van der Waals surface area contributed by atoms with Crippen molar-refractivity contribution in [1.82, 2.24) is 15.5 Å². The van der Waals surface area contributed by atoms with Crippen molar-refractivity contribution >= 4 is 29.9 Å². The van der Waals surface area contributed by atoms with Gasteiger partial charge in [0.1, 0.15) is 0 Å². The normalized spacial score (nSPS) is 20.5. The highest BCUT2D eigenvalue weighted by atomic mass is 127. The summed E-state index contributed by atoms with van der Waals surface area (Å²) < 4.78 is 11.3. The van der Waals surface area contributed by atoms with Crippen LogP contribution in [-0.4, -0.2) is 70.0 Å². The number of nitrogens with one attached hydrogen (secondary N) is 2. The largest absolute Gasteiger partial charge is 0.379 e. The maximum absolute atomic E-state index is 5.72. The second kappa shape index (κ2) is 15.0. The number of hydrogen-bond donors (Lipinski definition) is 2. The van der Waals surface area contributed by atoms with Gasteiger partial charge in [-0.05, 0) is 63.6 Å². The number of guanidine groups is 1. The Morgan fingerprint density at radius 1 is 1.16 bits per heavy atom. The van der Waals surface area contributed by atoms with Crippen molar-refractivity contribution in [2.45, 2.75) is 51.7 Å². The Morgan fingerprint density at radius 3 is 2.61 bits per heavy atom. The monoisotopic (exact) mass is 544 g/mol. The van der Waals surface area contributed by atoms with E-state index in [-0.39, 0.29) is 24.0 Å². The number of piperidine rings is 1. The summed E-state index contributed by atoms with van der Waals surface area (Å²) in [6.07, 6.45) is 6.09. The number of likely N-dealkylation sites (tertiary alicyclic amines) is 1. The summed E-state index contributed by atoms with van der Waals surface area (Å²) in [7, 11) is 1.84. The topological polar surface area (TPSA) is 58.1 Å². The summed E-state index contributed by atoms with van der Waals surface area (Å²) in [5.74, 6) is 1.61. The minimum Gasteiger partial charge on any atom is -0.379 e. The molecular formula is C24H41IN4O2. The first-order valence-corrected chi connectivity index (χ1v) is 11.6. The van der Waals surface area contributed by atoms with Crippen LogP contribution in [0.5, 0.6) is 0 Å². The summed E-state index contributed by atoms with van der Waals surface area (Å²) in [6.45, 7) is 9.82. The Balaban J connectivity index is 0.00000341. The molecule has 2 fully saturated rings. The zero-order valence-electron chi connectivity index (χ0n) is 19.3. The van der Waals surface area contributed by atoms with Crippen molar-refractivity contribution in [3.8, 4) is 0 Å². The van der Waals surface area contributed by atoms with Crippen LogP contribution in [0.2, 0.25) is 0 Å². The fourth-order valence-corrected chi connectivity index (χ4v) is 4.13. The number of aliphatic imine (C=N–C) groups is 1. The number of nitrogens with zero attached hydrogens (tertiary/aromatic N) is 2. The average molecular weight is 545 g/mol. The Hall–Kier alpha value is -0.900. The molecule has 2 saturated heterocycles. The molecular weight excluding hydrogens is 503 g/mol. The van der Waals surface area contributed by atoms with Gasteiger partial charge in [0.25, 0.3) is 0 Å². The third-order valence-corrected chi connectivity index (χ3v) is 6.10. The van der Waals surface area contributed by atoms with E-state index in [1.807, 2.05) is 7.05 Å². The van der Waals surface area contributed by atoms with Crippen LogP contribution >= 0.6 is 24.0 Å². The molecule has 1 atom stereocenters. The lowest BCUT2D eigenvalue weighted by Crippen LogP contribution is -2.43. The molecule has 0 saturated carbocycles. The predicted molar refractivity (Wildman–Crippen MR) is 138 cm³/mol. The van der Waals surface area contributed by atoms with Crippen LogP contribution < -0.4 is 10.6 Å². The maximum atomic E-state index is 5.72. The van der Waals surface area contributed by atoms with Gasteiger partial charge in [0.05, 0.1) is 12.7 Å². The number of benzene rings is 1. The van der Waals surface area contributed by atoms with E-state index in [2.05, 4.69) is 51.7 Å². The third kappa shape index (κ3) is 10.1. The summed E-state index contributed by atoms with van der Waals surface area (Å²) >= 11 is 0. The fraction of sp³-hybridized carbons (Fsp3) is 0.708. The SMILES string of the molecule is CN=C(NCCCOCC1CCCO1)NCC1CCN(Cc2ccc(C)cc2)CC1.I. The molecule has 1 aromatic rings. The Labute approximate surface area is 205 Å². The average Bonchev–Trinajstić information content (AvgIpc) is 3.29. The highest BCUT2D eigenvalue weighted by Crippen LogP contribution is 2.18. The zero-order valence-corrected chi connectivity index (χ0v) is 21.6. The molecule has 7 heteroatoms. The highest BCUT2D eigenvalue weighted by Gasteiger charge is 2.19.